The Morgan fingerprint density at radius 1 is 1.42 bits per heavy atom. The number of nitrogens with one attached hydrogen (secondary N) is 1. The fourth-order valence-corrected chi connectivity index (χ4v) is 1.75. The molecule has 0 aliphatic rings. The Labute approximate surface area is 112 Å². The largest absolute Gasteiger partial charge is 0.497 e. The number of nitrogens with zero attached hydrogens (tertiary/aromatic N) is 1. The van der Waals surface area contributed by atoms with Crippen LogP contribution in [-0.2, 0) is 4.79 Å². The summed E-state index contributed by atoms with van der Waals surface area (Å²) in [5.41, 5.74) is 1.57. The normalized spacial score (nSPS) is 12.2. The second kappa shape index (κ2) is 5.69. The smallest absolute Gasteiger partial charge is 0.227 e. The third kappa shape index (κ3) is 3.02. The Balaban J connectivity index is 2.24. The molecule has 0 spiro atoms. The number of anilines is 1. The number of hydrogen-bond donors (Lipinski definition) is 1. The van der Waals surface area contributed by atoms with E-state index in [0.717, 1.165) is 28.8 Å². The van der Waals surface area contributed by atoms with Gasteiger partial charge in [-0.1, -0.05) is 13.8 Å². The highest BCUT2D eigenvalue weighted by molar-refractivity contribution is 5.94. The van der Waals surface area contributed by atoms with Gasteiger partial charge in [0.2, 0.25) is 5.91 Å². The van der Waals surface area contributed by atoms with Crippen LogP contribution in [-0.4, -0.2) is 18.0 Å². The van der Waals surface area contributed by atoms with Crippen LogP contribution in [0.5, 0.6) is 5.75 Å². The van der Waals surface area contributed by atoms with Gasteiger partial charge in [-0.05, 0) is 24.6 Å². The minimum Gasteiger partial charge on any atom is -0.497 e. The molecular formula is C15H18N2O2. The highest BCUT2D eigenvalue weighted by Gasteiger charge is 2.10. The molecule has 2 rings (SSSR count). The average Bonchev–Trinajstić information content (AvgIpc) is 2.45. The van der Waals surface area contributed by atoms with Crippen LogP contribution in [0, 0.1) is 5.92 Å². The first-order valence-electron chi connectivity index (χ1n) is 6.38. The summed E-state index contributed by atoms with van der Waals surface area (Å²) < 4.78 is 5.15. The van der Waals surface area contributed by atoms with Crippen molar-refractivity contribution >= 4 is 22.5 Å². The lowest BCUT2D eigenvalue weighted by Gasteiger charge is -2.10. The number of carbonyl (C=O) groups is 1. The van der Waals surface area contributed by atoms with Crippen LogP contribution in [0.4, 0.5) is 5.69 Å². The van der Waals surface area contributed by atoms with Crippen LogP contribution in [0.2, 0.25) is 0 Å². The monoisotopic (exact) mass is 258 g/mol. The molecule has 1 aromatic carbocycles. The molecule has 100 valence electrons. The molecule has 0 saturated heterocycles. The summed E-state index contributed by atoms with van der Waals surface area (Å²) in [5.74, 6) is 0.806. The Morgan fingerprint density at radius 2 is 2.21 bits per heavy atom. The van der Waals surface area contributed by atoms with Gasteiger partial charge in [-0.15, -0.1) is 0 Å². The van der Waals surface area contributed by atoms with Gasteiger partial charge in [-0.2, -0.15) is 0 Å². The number of hydrogen-bond acceptors (Lipinski definition) is 3. The number of methoxy groups -OCH3 is 1. The van der Waals surface area contributed by atoms with Crippen LogP contribution in [0.3, 0.4) is 0 Å². The van der Waals surface area contributed by atoms with E-state index < -0.39 is 0 Å². The Kier molecular flexibility index (Phi) is 4.00. The van der Waals surface area contributed by atoms with Crippen molar-refractivity contribution in [3.05, 3.63) is 30.5 Å². The molecule has 1 atom stereocenters. The summed E-state index contributed by atoms with van der Waals surface area (Å²) >= 11 is 0. The first-order valence-corrected chi connectivity index (χ1v) is 6.38. The van der Waals surface area contributed by atoms with Crippen LogP contribution >= 0.6 is 0 Å². The summed E-state index contributed by atoms with van der Waals surface area (Å²) in [5, 5.41) is 3.86. The molecule has 1 N–H and O–H groups in total. The molecule has 0 aliphatic carbocycles. The number of carbonyl (C=O) groups excluding carboxylic acids is 1. The van der Waals surface area contributed by atoms with E-state index in [1.807, 2.05) is 38.1 Å². The van der Waals surface area contributed by atoms with E-state index in [1.54, 1.807) is 13.3 Å². The first-order chi connectivity index (χ1) is 9.13. The van der Waals surface area contributed by atoms with E-state index in [1.165, 1.54) is 0 Å². The maximum Gasteiger partial charge on any atom is 0.227 e. The molecule has 2 aromatic rings. The molecular weight excluding hydrogens is 240 g/mol. The topological polar surface area (TPSA) is 51.2 Å². The third-order valence-corrected chi connectivity index (χ3v) is 3.22. The van der Waals surface area contributed by atoms with Crippen molar-refractivity contribution in [1.29, 1.82) is 0 Å². The molecule has 0 radical (unpaired) electrons. The van der Waals surface area contributed by atoms with E-state index in [0.29, 0.717) is 0 Å². The molecule has 4 nitrogen and oxygen atoms in total. The van der Waals surface area contributed by atoms with E-state index in [9.17, 15) is 4.79 Å². The molecule has 1 unspecified atom stereocenters. The SMILES string of the molecule is CCC(C)C(=O)Nc1cnc2cc(OC)ccc2c1. The fourth-order valence-electron chi connectivity index (χ4n) is 1.75. The van der Waals surface area contributed by atoms with Gasteiger partial charge in [0.05, 0.1) is 24.5 Å². The highest BCUT2D eigenvalue weighted by atomic mass is 16.5. The predicted octanol–water partition coefficient (Wildman–Crippen LogP) is 3.23. The summed E-state index contributed by atoms with van der Waals surface area (Å²) in [7, 11) is 1.63. The number of amides is 1. The van der Waals surface area contributed by atoms with Crippen molar-refractivity contribution in [3.63, 3.8) is 0 Å². The minimum absolute atomic E-state index is 0.00608. The van der Waals surface area contributed by atoms with Crippen molar-refractivity contribution in [2.45, 2.75) is 20.3 Å². The Hall–Kier alpha value is -2.10. The van der Waals surface area contributed by atoms with Crippen molar-refractivity contribution in [2.24, 2.45) is 5.92 Å². The van der Waals surface area contributed by atoms with Gasteiger partial charge in [0.15, 0.2) is 0 Å². The standard InChI is InChI=1S/C15H18N2O2/c1-4-10(2)15(18)17-12-7-11-5-6-13(19-3)8-14(11)16-9-12/h5-10H,4H2,1-3H3,(H,17,18). The van der Waals surface area contributed by atoms with Crippen molar-refractivity contribution in [3.8, 4) is 5.75 Å². The number of rotatable bonds is 4. The van der Waals surface area contributed by atoms with Gasteiger partial charge in [0, 0.05) is 17.4 Å². The van der Waals surface area contributed by atoms with Gasteiger partial charge in [0.25, 0.3) is 0 Å². The second-order valence-electron chi connectivity index (χ2n) is 4.58. The van der Waals surface area contributed by atoms with Gasteiger partial charge in [-0.3, -0.25) is 9.78 Å². The number of pyridine rings is 1. The average molecular weight is 258 g/mol. The number of ether oxygens (including phenoxy) is 1. The Bertz CT molecular complexity index is 596. The van der Waals surface area contributed by atoms with E-state index >= 15 is 0 Å². The molecule has 1 heterocycles. The lowest BCUT2D eigenvalue weighted by molar-refractivity contribution is -0.119. The quantitative estimate of drug-likeness (QED) is 0.916. The highest BCUT2D eigenvalue weighted by Crippen LogP contribution is 2.21. The summed E-state index contributed by atoms with van der Waals surface area (Å²) in [6, 6.07) is 7.60. The molecule has 1 aromatic heterocycles. The van der Waals surface area contributed by atoms with E-state index in [4.69, 9.17) is 4.74 Å². The van der Waals surface area contributed by atoms with Crippen molar-refractivity contribution < 1.29 is 9.53 Å². The van der Waals surface area contributed by atoms with Gasteiger partial charge in [-0.25, -0.2) is 0 Å². The van der Waals surface area contributed by atoms with Crippen molar-refractivity contribution in [1.82, 2.24) is 4.98 Å². The first kappa shape index (κ1) is 13.3. The number of benzene rings is 1. The molecule has 0 aliphatic heterocycles. The Morgan fingerprint density at radius 3 is 2.89 bits per heavy atom. The summed E-state index contributed by atoms with van der Waals surface area (Å²) in [4.78, 5) is 16.2. The lowest BCUT2D eigenvalue weighted by atomic mass is 10.1. The maximum absolute atomic E-state index is 11.8. The van der Waals surface area contributed by atoms with Gasteiger partial charge in [0.1, 0.15) is 5.75 Å². The van der Waals surface area contributed by atoms with Crippen LogP contribution in [0.25, 0.3) is 10.9 Å². The molecule has 4 heteroatoms. The van der Waals surface area contributed by atoms with Crippen LogP contribution in [0.15, 0.2) is 30.5 Å². The molecule has 0 bridgehead atoms. The molecule has 19 heavy (non-hydrogen) atoms. The van der Waals surface area contributed by atoms with Crippen LogP contribution < -0.4 is 10.1 Å². The summed E-state index contributed by atoms with van der Waals surface area (Å²) in [6.45, 7) is 3.91. The van der Waals surface area contributed by atoms with E-state index in [-0.39, 0.29) is 11.8 Å². The molecule has 0 saturated carbocycles. The van der Waals surface area contributed by atoms with Crippen LogP contribution in [0.1, 0.15) is 20.3 Å². The third-order valence-electron chi connectivity index (χ3n) is 3.22. The number of fused-ring (bicyclic) bond motifs is 1. The minimum atomic E-state index is 0.00608. The van der Waals surface area contributed by atoms with Gasteiger partial charge < -0.3 is 10.1 Å². The van der Waals surface area contributed by atoms with E-state index in [2.05, 4.69) is 10.3 Å². The number of aromatic nitrogens is 1. The zero-order valence-electron chi connectivity index (χ0n) is 11.4. The maximum atomic E-state index is 11.8. The van der Waals surface area contributed by atoms with Crippen molar-refractivity contribution in [2.75, 3.05) is 12.4 Å². The summed E-state index contributed by atoms with van der Waals surface area (Å²) in [6.07, 6.45) is 2.49. The van der Waals surface area contributed by atoms with Gasteiger partial charge >= 0.3 is 0 Å². The zero-order chi connectivity index (χ0) is 13.8. The zero-order valence-corrected chi connectivity index (χ0v) is 11.4. The lowest BCUT2D eigenvalue weighted by Crippen LogP contribution is -2.19. The molecule has 1 amide bonds. The fraction of sp³-hybridized carbons (Fsp3) is 0.333. The second-order valence-corrected chi connectivity index (χ2v) is 4.58. The molecule has 0 fully saturated rings. The predicted molar refractivity (Wildman–Crippen MR) is 76.4 cm³/mol.